The highest BCUT2D eigenvalue weighted by Gasteiger charge is 2.21. The maximum Gasteiger partial charge on any atom is 0.123 e. The van der Waals surface area contributed by atoms with Crippen LogP contribution in [0, 0.1) is 5.82 Å². The molecule has 19 heavy (non-hydrogen) atoms. The molecule has 1 aliphatic heterocycles. The summed E-state index contributed by atoms with van der Waals surface area (Å²) in [5.41, 5.74) is 0.828. The van der Waals surface area contributed by atoms with E-state index in [9.17, 15) is 8.60 Å². The standard InChI is InChI=1S/C14H20FNO2S/c1-10(16-12-5-7-19(17)8-6-12)13-9-11(15)3-4-14(13)18-2/h3-4,9-10,12,16H,5-8H2,1-2H3. The lowest BCUT2D eigenvalue weighted by atomic mass is 10.0. The Morgan fingerprint density at radius 1 is 1.42 bits per heavy atom. The summed E-state index contributed by atoms with van der Waals surface area (Å²) in [6.07, 6.45) is 1.82. The van der Waals surface area contributed by atoms with Gasteiger partial charge in [-0.2, -0.15) is 0 Å². The maximum absolute atomic E-state index is 13.4. The molecule has 106 valence electrons. The predicted molar refractivity (Wildman–Crippen MR) is 75.4 cm³/mol. The van der Waals surface area contributed by atoms with Crippen molar-refractivity contribution in [2.45, 2.75) is 31.8 Å². The van der Waals surface area contributed by atoms with Gasteiger partial charge in [-0.15, -0.1) is 0 Å². The molecule has 2 rings (SSSR count). The van der Waals surface area contributed by atoms with E-state index in [0.29, 0.717) is 11.8 Å². The molecule has 0 bridgehead atoms. The first-order chi connectivity index (χ1) is 9.10. The van der Waals surface area contributed by atoms with Gasteiger partial charge in [0.05, 0.1) is 7.11 Å². The molecule has 1 aromatic rings. The molecule has 1 atom stereocenters. The van der Waals surface area contributed by atoms with Crippen molar-refractivity contribution in [1.82, 2.24) is 5.32 Å². The lowest BCUT2D eigenvalue weighted by molar-refractivity contribution is 0.384. The van der Waals surface area contributed by atoms with Crippen LogP contribution in [0.2, 0.25) is 0 Å². The minimum absolute atomic E-state index is 0.0159. The van der Waals surface area contributed by atoms with Crippen LogP contribution in [0.15, 0.2) is 18.2 Å². The summed E-state index contributed by atoms with van der Waals surface area (Å²) >= 11 is 0. The second kappa shape index (κ2) is 6.48. The Hall–Kier alpha value is -0.940. The van der Waals surface area contributed by atoms with E-state index in [-0.39, 0.29) is 11.9 Å². The number of halogens is 1. The summed E-state index contributed by atoms with van der Waals surface area (Å²) in [6.45, 7) is 2.00. The minimum Gasteiger partial charge on any atom is -0.496 e. The van der Waals surface area contributed by atoms with Crippen molar-refractivity contribution in [3.05, 3.63) is 29.6 Å². The lowest BCUT2D eigenvalue weighted by Crippen LogP contribution is -2.37. The Kier molecular flexibility index (Phi) is 4.93. The van der Waals surface area contributed by atoms with Gasteiger partial charge in [0.15, 0.2) is 0 Å². The molecule has 0 aromatic heterocycles. The van der Waals surface area contributed by atoms with Crippen LogP contribution in [0.1, 0.15) is 31.4 Å². The highest BCUT2D eigenvalue weighted by Crippen LogP contribution is 2.27. The van der Waals surface area contributed by atoms with Crippen LogP contribution in [-0.2, 0) is 10.8 Å². The normalized spacial score (nSPS) is 25.0. The van der Waals surface area contributed by atoms with Crippen LogP contribution in [0.5, 0.6) is 5.75 Å². The summed E-state index contributed by atoms with van der Waals surface area (Å²) < 4.78 is 29.9. The number of rotatable bonds is 4. The van der Waals surface area contributed by atoms with Crippen molar-refractivity contribution in [1.29, 1.82) is 0 Å². The van der Waals surface area contributed by atoms with Crippen molar-refractivity contribution in [3.63, 3.8) is 0 Å². The van der Waals surface area contributed by atoms with Gasteiger partial charge >= 0.3 is 0 Å². The zero-order valence-corrected chi connectivity index (χ0v) is 12.1. The van der Waals surface area contributed by atoms with E-state index in [4.69, 9.17) is 4.74 Å². The van der Waals surface area contributed by atoms with Crippen molar-refractivity contribution in [3.8, 4) is 5.75 Å². The molecular formula is C14H20FNO2S. The van der Waals surface area contributed by atoms with E-state index >= 15 is 0 Å². The molecule has 0 radical (unpaired) electrons. The number of methoxy groups -OCH3 is 1. The second-order valence-electron chi connectivity index (χ2n) is 4.90. The largest absolute Gasteiger partial charge is 0.496 e. The molecular weight excluding hydrogens is 265 g/mol. The molecule has 1 aliphatic rings. The van der Waals surface area contributed by atoms with Crippen molar-refractivity contribution in [2.24, 2.45) is 0 Å². The molecule has 3 nitrogen and oxygen atoms in total. The van der Waals surface area contributed by atoms with Gasteiger partial charge in [0, 0.05) is 40.0 Å². The summed E-state index contributed by atoms with van der Waals surface area (Å²) in [5.74, 6) is 1.95. The van der Waals surface area contributed by atoms with Crippen molar-refractivity contribution < 1.29 is 13.3 Å². The molecule has 0 aliphatic carbocycles. The quantitative estimate of drug-likeness (QED) is 0.923. The van der Waals surface area contributed by atoms with E-state index in [1.165, 1.54) is 12.1 Å². The van der Waals surface area contributed by atoms with Crippen LogP contribution in [0.4, 0.5) is 4.39 Å². The molecule has 1 heterocycles. The molecule has 1 unspecified atom stereocenters. The van der Waals surface area contributed by atoms with Crippen molar-refractivity contribution >= 4 is 10.8 Å². The molecule has 1 fully saturated rings. The molecule has 0 saturated carbocycles. The Morgan fingerprint density at radius 2 is 2.11 bits per heavy atom. The zero-order valence-electron chi connectivity index (χ0n) is 11.3. The van der Waals surface area contributed by atoms with Crippen LogP contribution in [0.3, 0.4) is 0 Å². The molecule has 1 N–H and O–H groups in total. The molecule has 1 aromatic carbocycles. The van der Waals surface area contributed by atoms with Crippen molar-refractivity contribution in [2.75, 3.05) is 18.6 Å². The Bertz CT molecular complexity index is 457. The van der Waals surface area contributed by atoms with Gasteiger partial charge in [-0.05, 0) is 38.0 Å². The third-order valence-corrected chi connectivity index (χ3v) is 4.91. The first-order valence-electron chi connectivity index (χ1n) is 6.54. The molecule has 1 saturated heterocycles. The fraction of sp³-hybridized carbons (Fsp3) is 0.571. The monoisotopic (exact) mass is 285 g/mol. The van der Waals surface area contributed by atoms with Gasteiger partial charge in [-0.25, -0.2) is 4.39 Å². The third kappa shape index (κ3) is 3.76. The number of ether oxygens (including phenoxy) is 1. The first-order valence-corrected chi connectivity index (χ1v) is 8.03. The van der Waals surface area contributed by atoms with Crippen LogP contribution in [0.25, 0.3) is 0 Å². The van der Waals surface area contributed by atoms with E-state index < -0.39 is 10.8 Å². The first kappa shape index (κ1) is 14.5. The summed E-state index contributed by atoms with van der Waals surface area (Å²) in [7, 11) is 0.936. The maximum atomic E-state index is 13.4. The Morgan fingerprint density at radius 3 is 2.74 bits per heavy atom. The topological polar surface area (TPSA) is 38.3 Å². The van der Waals surface area contributed by atoms with Gasteiger partial charge in [-0.1, -0.05) is 0 Å². The van der Waals surface area contributed by atoms with Gasteiger partial charge in [0.25, 0.3) is 0 Å². The van der Waals surface area contributed by atoms with Crippen LogP contribution >= 0.6 is 0 Å². The lowest BCUT2D eigenvalue weighted by Gasteiger charge is -2.27. The fourth-order valence-corrected chi connectivity index (χ4v) is 3.75. The minimum atomic E-state index is -0.655. The summed E-state index contributed by atoms with van der Waals surface area (Å²) in [6, 6.07) is 4.93. The Balaban J connectivity index is 2.04. The van der Waals surface area contributed by atoms with Gasteiger partial charge in [0.1, 0.15) is 11.6 Å². The zero-order chi connectivity index (χ0) is 13.8. The van der Waals surface area contributed by atoms with E-state index in [0.717, 1.165) is 29.9 Å². The average Bonchev–Trinajstić information content (AvgIpc) is 2.41. The number of hydrogen-bond donors (Lipinski definition) is 1. The van der Waals surface area contributed by atoms with Crippen LogP contribution in [-0.4, -0.2) is 28.9 Å². The van der Waals surface area contributed by atoms with Gasteiger partial charge < -0.3 is 10.1 Å². The highest BCUT2D eigenvalue weighted by molar-refractivity contribution is 7.85. The Labute approximate surface area is 116 Å². The predicted octanol–water partition coefficient (Wildman–Crippen LogP) is 2.40. The third-order valence-electron chi connectivity index (χ3n) is 3.53. The van der Waals surface area contributed by atoms with E-state index in [1.807, 2.05) is 6.92 Å². The number of benzene rings is 1. The van der Waals surface area contributed by atoms with E-state index in [1.54, 1.807) is 13.2 Å². The summed E-state index contributed by atoms with van der Waals surface area (Å²) in [5, 5.41) is 3.48. The fourth-order valence-electron chi connectivity index (χ4n) is 2.45. The molecule has 5 heteroatoms. The second-order valence-corrected chi connectivity index (χ2v) is 6.59. The average molecular weight is 285 g/mol. The van der Waals surface area contributed by atoms with Gasteiger partial charge in [-0.3, -0.25) is 4.21 Å². The molecule has 0 spiro atoms. The SMILES string of the molecule is COc1ccc(F)cc1C(C)NC1CCS(=O)CC1. The number of nitrogens with one attached hydrogen (secondary N) is 1. The highest BCUT2D eigenvalue weighted by atomic mass is 32.2. The smallest absolute Gasteiger partial charge is 0.123 e. The summed E-state index contributed by atoms with van der Waals surface area (Å²) in [4.78, 5) is 0. The molecule has 0 amide bonds. The van der Waals surface area contributed by atoms with E-state index in [2.05, 4.69) is 5.32 Å². The van der Waals surface area contributed by atoms with Gasteiger partial charge in [0.2, 0.25) is 0 Å². The number of hydrogen-bond acceptors (Lipinski definition) is 3. The van der Waals surface area contributed by atoms with Crippen LogP contribution < -0.4 is 10.1 Å².